The van der Waals surface area contributed by atoms with E-state index in [1.807, 2.05) is 7.05 Å². The summed E-state index contributed by atoms with van der Waals surface area (Å²) in [5.41, 5.74) is 2.13. The number of likely N-dealkylation sites (N-methyl/N-ethyl adjacent to an activating group) is 1. The lowest BCUT2D eigenvalue weighted by Gasteiger charge is -2.29. The Kier molecular flexibility index (Phi) is 7.66. The van der Waals surface area contributed by atoms with Gasteiger partial charge in [0.15, 0.2) is 0 Å². The molecule has 0 bridgehead atoms. The molecule has 2 rings (SSSR count). The molecule has 1 heterocycles. The largest absolute Gasteiger partial charge is 0.396 e. The maximum atomic E-state index is 12.8. The van der Waals surface area contributed by atoms with Crippen LogP contribution in [0.1, 0.15) is 5.56 Å². The Labute approximate surface area is 131 Å². The van der Waals surface area contributed by atoms with Crippen LogP contribution in [0.2, 0.25) is 0 Å². The molecule has 0 spiro atoms. The van der Waals surface area contributed by atoms with E-state index < -0.39 is 0 Å². The molecule has 0 saturated carbocycles. The average molecular weight is 475 g/mol. The van der Waals surface area contributed by atoms with Gasteiger partial charge in [-0.3, -0.25) is 0 Å². The standard InChI is InChI=1S/C13H16FNO.I2/c1-15-7-6-13(11(8-15)9-16)10-2-4-12(14)5-3-10;1-2/h2-6,11,16H,7-9H2,1H3;/t11-;/m0./s1. The molecule has 1 N–H and O–H groups in total. The highest BCUT2D eigenvalue weighted by molar-refractivity contribution is 15.0. The summed E-state index contributed by atoms with van der Waals surface area (Å²) in [6, 6.07) is 6.47. The van der Waals surface area contributed by atoms with Crippen LogP contribution >= 0.6 is 37.2 Å². The first-order valence-electron chi connectivity index (χ1n) is 5.60. The van der Waals surface area contributed by atoms with Gasteiger partial charge in [0, 0.05) is 56.2 Å². The third-order valence-corrected chi connectivity index (χ3v) is 2.99. The number of benzene rings is 1. The molecule has 100 valence electrons. The molecule has 0 aromatic heterocycles. The summed E-state index contributed by atoms with van der Waals surface area (Å²) in [7, 11) is 2.03. The number of aliphatic hydroxyl groups is 1. The topological polar surface area (TPSA) is 23.5 Å². The van der Waals surface area contributed by atoms with Crippen LogP contribution in [0.5, 0.6) is 0 Å². The Morgan fingerprint density at radius 3 is 2.50 bits per heavy atom. The quantitative estimate of drug-likeness (QED) is 0.663. The van der Waals surface area contributed by atoms with E-state index in [9.17, 15) is 9.50 Å². The second-order valence-corrected chi connectivity index (χ2v) is 4.27. The lowest BCUT2D eigenvalue weighted by atomic mass is 9.90. The SMILES string of the molecule is CN1CC=C(c2ccc(F)cc2)[C@H](CO)C1.II. The van der Waals surface area contributed by atoms with Crippen LogP contribution in [0.3, 0.4) is 0 Å². The third-order valence-electron chi connectivity index (χ3n) is 2.99. The van der Waals surface area contributed by atoms with E-state index >= 15 is 0 Å². The molecule has 5 heteroatoms. The first kappa shape index (κ1) is 16.3. The van der Waals surface area contributed by atoms with E-state index in [0.29, 0.717) is 0 Å². The molecule has 0 fully saturated rings. The fourth-order valence-corrected chi connectivity index (χ4v) is 2.12. The highest BCUT2D eigenvalue weighted by atomic mass is 128. The van der Waals surface area contributed by atoms with Gasteiger partial charge in [-0.25, -0.2) is 4.39 Å². The smallest absolute Gasteiger partial charge is 0.123 e. The van der Waals surface area contributed by atoms with Crippen molar-refractivity contribution in [3.63, 3.8) is 0 Å². The second-order valence-electron chi connectivity index (χ2n) is 4.27. The molecule has 0 aliphatic carbocycles. The van der Waals surface area contributed by atoms with Crippen molar-refractivity contribution in [3.05, 3.63) is 41.7 Å². The van der Waals surface area contributed by atoms with Gasteiger partial charge in [0.2, 0.25) is 0 Å². The van der Waals surface area contributed by atoms with E-state index in [0.717, 1.165) is 24.2 Å². The molecule has 2 nitrogen and oxygen atoms in total. The fourth-order valence-electron chi connectivity index (χ4n) is 2.12. The van der Waals surface area contributed by atoms with Crippen molar-refractivity contribution in [3.8, 4) is 0 Å². The van der Waals surface area contributed by atoms with Crippen molar-refractivity contribution in [2.75, 3.05) is 26.7 Å². The summed E-state index contributed by atoms with van der Waals surface area (Å²) in [5, 5.41) is 9.35. The fraction of sp³-hybridized carbons (Fsp3) is 0.385. The summed E-state index contributed by atoms with van der Waals surface area (Å²) in [4.78, 5) is 2.16. The molecule has 0 unspecified atom stereocenters. The average Bonchev–Trinajstić information content (AvgIpc) is 2.42. The summed E-state index contributed by atoms with van der Waals surface area (Å²) < 4.78 is 12.8. The molecule has 0 radical (unpaired) electrons. The molecule has 1 aliphatic heterocycles. The third kappa shape index (κ3) is 4.43. The van der Waals surface area contributed by atoms with Crippen molar-refractivity contribution >= 4 is 42.8 Å². The predicted molar refractivity (Wildman–Crippen MR) is 90.5 cm³/mol. The lowest BCUT2D eigenvalue weighted by Crippen LogP contribution is -2.32. The van der Waals surface area contributed by atoms with Gasteiger partial charge in [-0.05, 0) is 30.3 Å². The van der Waals surface area contributed by atoms with Gasteiger partial charge in [-0.15, -0.1) is 0 Å². The minimum atomic E-state index is -0.224. The molecule has 1 aliphatic rings. The monoisotopic (exact) mass is 475 g/mol. The zero-order chi connectivity index (χ0) is 13.5. The van der Waals surface area contributed by atoms with Crippen molar-refractivity contribution < 1.29 is 9.50 Å². The highest BCUT2D eigenvalue weighted by Gasteiger charge is 2.20. The number of nitrogens with zero attached hydrogens (tertiary/aromatic N) is 1. The van der Waals surface area contributed by atoms with Crippen molar-refractivity contribution in [2.45, 2.75) is 0 Å². The number of hydrogen-bond donors (Lipinski definition) is 1. The van der Waals surface area contributed by atoms with Crippen LogP contribution in [0.15, 0.2) is 30.3 Å². The normalized spacial score (nSPS) is 19.8. The van der Waals surface area contributed by atoms with Crippen LogP contribution in [0.25, 0.3) is 5.57 Å². The molecule has 0 saturated heterocycles. The van der Waals surface area contributed by atoms with Gasteiger partial charge in [-0.1, -0.05) is 18.2 Å². The van der Waals surface area contributed by atoms with Crippen LogP contribution < -0.4 is 0 Å². The zero-order valence-electron chi connectivity index (χ0n) is 10.1. The van der Waals surface area contributed by atoms with Crippen molar-refractivity contribution in [2.24, 2.45) is 5.92 Å². The van der Waals surface area contributed by atoms with Gasteiger partial charge < -0.3 is 10.0 Å². The van der Waals surface area contributed by atoms with Gasteiger partial charge in [0.25, 0.3) is 0 Å². The van der Waals surface area contributed by atoms with E-state index in [2.05, 4.69) is 48.2 Å². The summed E-state index contributed by atoms with van der Waals surface area (Å²) >= 11 is 4.24. The zero-order valence-corrected chi connectivity index (χ0v) is 14.4. The molecule has 1 aromatic rings. The molecule has 0 amide bonds. The first-order valence-corrected chi connectivity index (χ1v) is 11.9. The first-order chi connectivity index (χ1) is 8.70. The van der Waals surface area contributed by atoms with E-state index in [-0.39, 0.29) is 18.3 Å². The number of rotatable bonds is 2. The van der Waals surface area contributed by atoms with Crippen molar-refractivity contribution in [1.29, 1.82) is 0 Å². The second kappa shape index (κ2) is 8.44. The van der Waals surface area contributed by atoms with E-state index in [1.54, 1.807) is 12.1 Å². The van der Waals surface area contributed by atoms with Gasteiger partial charge >= 0.3 is 0 Å². The summed E-state index contributed by atoms with van der Waals surface area (Å²) in [6.07, 6.45) is 2.11. The molecule has 1 atom stereocenters. The predicted octanol–water partition coefficient (Wildman–Crippen LogP) is 3.53. The van der Waals surface area contributed by atoms with Gasteiger partial charge in [0.05, 0.1) is 6.61 Å². The minimum Gasteiger partial charge on any atom is -0.396 e. The maximum Gasteiger partial charge on any atom is 0.123 e. The summed E-state index contributed by atoms with van der Waals surface area (Å²) in [5.74, 6) is -0.0953. The molecule has 18 heavy (non-hydrogen) atoms. The maximum absolute atomic E-state index is 12.8. The number of halogens is 3. The molecular weight excluding hydrogens is 459 g/mol. The minimum absolute atomic E-state index is 0.129. The van der Waals surface area contributed by atoms with Crippen LogP contribution in [-0.2, 0) is 0 Å². The Balaban J connectivity index is 0.000000771. The van der Waals surface area contributed by atoms with Crippen LogP contribution in [-0.4, -0.2) is 36.8 Å². The van der Waals surface area contributed by atoms with E-state index in [1.165, 1.54) is 12.1 Å². The Morgan fingerprint density at radius 2 is 1.94 bits per heavy atom. The van der Waals surface area contributed by atoms with E-state index in [4.69, 9.17) is 0 Å². The van der Waals surface area contributed by atoms with Crippen LogP contribution in [0.4, 0.5) is 4.39 Å². The van der Waals surface area contributed by atoms with Crippen molar-refractivity contribution in [1.82, 2.24) is 4.90 Å². The van der Waals surface area contributed by atoms with Gasteiger partial charge in [0.1, 0.15) is 5.82 Å². The van der Waals surface area contributed by atoms with Gasteiger partial charge in [-0.2, -0.15) is 0 Å². The Bertz CT molecular complexity index is 394. The Hall–Kier alpha value is 0.270. The number of hydrogen-bond acceptors (Lipinski definition) is 2. The Morgan fingerprint density at radius 1 is 1.33 bits per heavy atom. The molecular formula is C13H16FI2NO. The number of aliphatic hydroxyl groups excluding tert-OH is 1. The lowest BCUT2D eigenvalue weighted by molar-refractivity contribution is 0.212. The highest BCUT2D eigenvalue weighted by Crippen LogP contribution is 2.27. The van der Waals surface area contributed by atoms with Crippen LogP contribution in [0, 0.1) is 11.7 Å². The summed E-state index contributed by atoms with van der Waals surface area (Å²) in [6.45, 7) is 1.86. The molecule has 1 aromatic carbocycles.